The van der Waals surface area contributed by atoms with Crippen molar-refractivity contribution in [2.24, 2.45) is 0 Å². The maximum atomic E-state index is 8.58. The molecular formula is H10Mg6O17Si3. The van der Waals surface area contributed by atoms with Crippen molar-refractivity contribution < 1.29 is 84.9 Å². The first-order valence-corrected chi connectivity index (χ1v) is 7.35. The first kappa shape index (κ1) is 97.4. The number of hydrogen-bond acceptors (Lipinski definition) is 12. The molecule has 0 aromatic carbocycles. The Morgan fingerprint density at radius 1 is 0.231 bits per heavy atom. The molecule has 26 heteroatoms. The SMILES string of the molecule is O.O.O.O.O.[Mg+2].[Mg+2].[Mg+2].[Mg+2].[Mg+2].[Mg+2].[O-][Si]([O-])([O-])[O-].[O-][Si]([O-])([O-])[O-].[O-][Si]([O-])([O-])[O-]. The van der Waals surface area contributed by atoms with Crippen LogP contribution >= 0.6 is 0 Å². The van der Waals surface area contributed by atoms with Gasteiger partial charge in [-0.2, -0.15) is 0 Å². The summed E-state index contributed by atoms with van der Waals surface area (Å²) < 4.78 is 0. The van der Waals surface area contributed by atoms with Gasteiger partial charge in [-0.1, -0.05) is 0 Å². The van der Waals surface area contributed by atoms with Crippen LogP contribution in [0.1, 0.15) is 0 Å². The van der Waals surface area contributed by atoms with Crippen molar-refractivity contribution in [3.63, 3.8) is 0 Å². The first-order chi connectivity index (χ1) is 6.00. The minimum atomic E-state index is -5.61. The van der Waals surface area contributed by atoms with E-state index >= 15 is 0 Å². The van der Waals surface area contributed by atoms with E-state index in [2.05, 4.69) is 0 Å². The Kier molecular flexibility index (Phi) is 177. The molecule has 10 N–H and O–H groups in total. The summed E-state index contributed by atoms with van der Waals surface area (Å²) in [6.45, 7) is 0. The van der Waals surface area contributed by atoms with Crippen LogP contribution in [0, 0.1) is 0 Å². The van der Waals surface area contributed by atoms with Crippen molar-refractivity contribution in [3.05, 3.63) is 0 Å². The Labute approximate surface area is 247 Å². The van der Waals surface area contributed by atoms with E-state index in [-0.39, 0.29) is 166 Å². The van der Waals surface area contributed by atoms with Crippen LogP contribution in [0.5, 0.6) is 0 Å². The van der Waals surface area contributed by atoms with E-state index in [1.54, 1.807) is 0 Å². The molecule has 0 bridgehead atoms. The summed E-state index contributed by atoms with van der Waals surface area (Å²) in [4.78, 5) is 103. The van der Waals surface area contributed by atoms with Gasteiger partial charge in [-0.25, -0.2) is 0 Å². The zero-order valence-electron chi connectivity index (χ0n) is 13.1. The van der Waals surface area contributed by atoms with Gasteiger partial charge in [-0.05, 0) is 0 Å². The zero-order valence-corrected chi connectivity index (χ0v) is 24.6. The minimum Gasteiger partial charge on any atom is -0.894 e. The standard InChI is InChI=1S/6Mg.3O4Si.5H2O/c;;;;;;3*1-5(2,3)4;;;;;/h;;;;;;;;;5*1H2/q6*+2;3*-4;;;;;. The molecule has 0 heterocycles. The second-order valence-corrected chi connectivity index (χ2v) is 4.50. The smallest absolute Gasteiger partial charge is 0.894 e. The molecule has 0 spiro atoms. The Hall–Kier alpha value is 4.57. The van der Waals surface area contributed by atoms with Crippen LogP contribution in [0.25, 0.3) is 0 Å². The molecule has 0 amide bonds. The molecule has 0 saturated heterocycles. The van der Waals surface area contributed by atoms with E-state index in [4.69, 9.17) is 57.5 Å². The van der Waals surface area contributed by atoms with Crippen LogP contribution in [0.2, 0.25) is 0 Å². The average Bonchev–Trinajstić information content (AvgIpc) is 1.41. The van der Waals surface area contributed by atoms with E-state index in [9.17, 15) is 0 Å². The summed E-state index contributed by atoms with van der Waals surface area (Å²) in [6, 6.07) is 0. The first-order valence-electron chi connectivity index (χ1n) is 2.45. The van der Waals surface area contributed by atoms with Gasteiger partial charge in [-0.15, -0.1) is 0 Å². The molecule has 17 nitrogen and oxygen atoms in total. The van der Waals surface area contributed by atoms with Crippen LogP contribution < -0.4 is 57.5 Å². The third-order valence-corrected chi connectivity index (χ3v) is 0. The quantitative estimate of drug-likeness (QED) is 0.273. The van der Waals surface area contributed by atoms with Gasteiger partial charge < -0.3 is 112 Å². The monoisotopic (exact) mass is 510 g/mol. The predicted octanol–water partition coefficient (Wildman–Crippen LogP) is -21.8. The van der Waals surface area contributed by atoms with Gasteiger partial charge in [0.25, 0.3) is 0 Å². The van der Waals surface area contributed by atoms with Crippen LogP contribution in [-0.4, -0.2) is 193 Å². The molecule has 0 rings (SSSR count). The fraction of sp³-hybridized carbons (Fsp3) is 0. The van der Waals surface area contributed by atoms with Crippen molar-refractivity contribution in [3.8, 4) is 0 Å². The second kappa shape index (κ2) is 47.4. The molecule has 0 unspecified atom stereocenters. The van der Waals surface area contributed by atoms with Crippen molar-refractivity contribution in [2.45, 2.75) is 0 Å². The third kappa shape index (κ3) is 1040. The molecule has 0 radical (unpaired) electrons. The van der Waals surface area contributed by atoms with Crippen LogP contribution in [0.3, 0.4) is 0 Å². The second-order valence-electron chi connectivity index (χ2n) is 1.50. The molecule has 0 aliphatic carbocycles. The van der Waals surface area contributed by atoms with Gasteiger partial charge in [0.2, 0.25) is 0 Å². The maximum absolute atomic E-state index is 8.58. The fourth-order valence-corrected chi connectivity index (χ4v) is 0. The Morgan fingerprint density at radius 3 is 0.231 bits per heavy atom. The molecule has 0 fully saturated rings. The van der Waals surface area contributed by atoms with Gasteiger partial charge in [-0.3, -0.25) is 0 Å². The fourth-order valence-electron chi connectivity index (χ4n) is 0. The van der Waals surface area contributed by atoms with E-state index < -0.39 is 27.1 Å². The summed E-state index contributed by atoms with van der Waals surface area (Å²) in [5.41, 5.74) is 0. The maximum Gasteiger partial charge on any atom is 2.00 e. The Morgan fingerprint density at radius 2 is 0.231 bits per heavy atom. The van der Waals surface area contributed by atoms with Crippen molar-refractivity contribution in [1.29, 1.82) is 0 Å². The van der Waals surface area contributed by atoms with Crippen molar-refractivity contribution in [1.82, 2.24) is 0 Å². The van der Waals surface area contributed by atoms with Gasteiger partial charge >= 0.3 is 138 Å². The summed E-state index contributed by atoms with van der Waals surface area (Å²) in [5.74, 6) is 0. The number of hydrogen-bond donors (Lipinski definition) is 0. The summed E-state index contributed by atoms with van der Waals surface area (Å²) in [6.07, 6.45) is 0. The van der Waals surface area contributed by atoms with Crippen molar-refractivity contribution >= 4 is 165 Å². The topological polar surface area (TPSA) is 434 Å². The van der Waals surface area contributed by atoms with E-state index in [1.807, 2.05) is 0 Å². The van der Waals surface area contributed by atoms with E-state index in [0.717, 1.165) is 0 Å². The van der Waals surface area contributed by atoms with Gasteiger partial charge in [0.15, 0.2) is 0 Å². The van der Waals surface area contributed by atoms with Gasteiger partial charge in [0, 0.05) is 0 Å². The van der Waals surface area contributed by atoms with Crippen LogP contribution in [0.15, 0.2) is 0 Å². The minimum absolute atomic E-state index is 0. The zero-order chi connectivity index (χ0) is 13.5. The average molecular weight is 512 g/mol. The van der Waals surface area contributed by atoms with Crippen molar-refractivity contribution in [2.75, 3.05) is 0 Å². The molecule has 0 atom stereocenters. The normalized spacial score (nSPS) is 6.92. The van der Waals surface area contributed by atoms with E-state index in [1.165, 1.54) is 0 Å². The summed E-state index contributed by atoms with van der Waals surface area (Å²) >= 11 is 0. The molecule has 0 aliphatic rings. The van der Waals surface area contributed by atoms with Gasteiger partial charge in [0.05, 0.1) is 0 Å². The summed E-state index contributed by atoms with van der Waals surface area (Å²) in [5, 5.41) is 0. The number of rotatable bonds is 0. The Bertz CT molecular complexity index is 108. The molecule has 136 valence electrons. The summed E-state index contributed by atoms with van der Waals surface area (Å²) in [7, 11) is -16.8. The predicted molar refractivity (Wildman–Crippen MR) is 69.9 cm³/mol. The third-order valence-electron chi connectivity index (χ3n) is 0. The van der Waals surface area contributed by atoms with Gasteiger partial charge in [0.1, 0.15) is 0 Å². The van der Waals surface area contributed by atoms with E-state index in [0.29, 0.717) is 0 Å². The molecule has 0 aromatic rings. The molecule has 26 heavy (non-hydrogen) atoms. The molecular weight excluding hydrogens is 502 g/mol. The largest absolute Gasteiger partial charge is 2.00 e. The Balaban J connectivity index is -0.00000000571. The van der Waals surface area contributed by atoms with Crippen LogP contribution in [-0.2, 0) is 0 Å². The van der Waals surface area contributed by atoms with Crippen LogP contribution in [0.4, 0.5) is 0 Å². The molecule has 0 saturated carbocycles. The molecule has 0 aromatic heterocycles. The molecule has 0 aliphatic heterocycles.